The van der Waals surface area contributed by atoms with Gasteiger partial charge in [-0.05, 0) is 31.9 Å². The Kier molecular flexibility index (Phi) is 6.22. The Bertz CT molecular complexity index is 837. The van der Waals surface area contributed by atoms with Gasteiger partial charge >= 0.3 is 6.03 Å². The number of carbonyl (C=O) groups is 2. The molecule has 2 N–H and O–H groups in total. The van der Waals surface area contributed by atoms with E-state index in [1.165, 1.54) is 18.8 Å². The number of hydrogen-bond acceptors (Lipinski definition) is 6. The minimum atomic E-state index is -0.544. The Morgan fingerprint density at radius 2 is 1.93 bits per heavy atom. The maximum atomic E-state index is 12.2. The average Bonchev–Trinajstić information content (AvgIpc) is 3.31. The van der Waals surface area contributed by atoms with Gasteiger partial charge in [-0.15, -0.1) is 10.2 Å². The van der Waals surface area contributed by atoms with Crippen LogP contribution in [0.25, 0.3) is 5.69 Å². The summed E-state index contributed by atoms with van der Waals surface area (Å²) in [6, 6.07) is 6.91. The summed E-state index contributed by atoms with van der Waals surface area (Å²) in [5.74, 6) is 0.304. The predicted octanol–water partition coefficient (Wildman–Crippen LogP) is 2.46. The molecule has 1 atom stereocenters. The van der Waals surface area contributed by atoms with Crippen LogP contribution in [0.1, 0.15) is 19.8 Å². The third kappa shape index (κ3) is 4.36. The van der Waals surface area contributed by atoms with E-state index in [0.29, 0.717) is 16.1 Å². The third-order valence-electron chi connectivity index (χ3n) is 4.21. The topological polar surface area (TPSA) is 92.2 Å². The van der Waals surface area contributed by atoms with E-state index in [9.17, 15) is 9.59 Å². The van der Waals surface area contributed by atoms with Crippen LogP contribution in [0.3, 0.4) is 0 Å². The zero-order valence-corrected chi connectivity index (χ0v) is 16.7. The van der Waals surface area contributed by atoms with Crippen molar-refractivity contribution in [1.29, 1.82) is 0 Å². The molecule has 2 heterocycles. The van der Waals surface area contributed by atoms with E-state index < -0.39 is 17.2 Å². The van der Waals surface area contributed by atoms with E-state index in [2.05, 4.69) is 25.7 Å². The van der Waals surface area contributed by atoms with Gasteiger partial charge in [-0.3, -0.25) is 14.7 Å². The van der Waals surface area contributed by atoms with Crippen LogP contribution >= 0.6 is 23.4 Å². The average molecular weight is 409 g/mol. The molecule has 0 spiro atoms. The fourth-order valence-corrected chi connectivity index (χ4v) is 3.87. The maximum Gasteiger partial charge on any atom is 0.321 e. The number of aromatic nitrogens is 3. The van der Waals surface area contributed by atoms with Crippen molar-refractivity contribution in [2.75, 3.05) is 25.0 Å². The minimum absolute atomic E-state index is 0.407. The zero-order valence-electron chi connectivity index (χ0n) is 15.1. The smallest absolute Gasteiger partial charge is 0.321 e. The number of amides is 3. The van der Waals surface area contributed by atoms with Crippen molar-refractivity contribution in [3.05, 3.63) is 29.3 Å². The molecule has 27 heavy (non-hydrogen) atoms. The molecule has 0 bridgehead atoms. The van der Waals surface area contributed by atoms with Crippen molar-refractivity contribution in [1.82, 2.24) is 25.4 Å². The summed E-state index contributed by atoms with van der Waals surface area (Å²) in [6.45, 7) is 3.52. The lowest BCUT2D eigenvalue weighted by Crippen LogP contribution is -2.41. The Hall–Kier alpha value is -2.26. The summed E-state index contributed by atoms with van der Waals surface area (Å²) >= 11 is 7.64. The number of para-hydroxylation sites is 1. The van der Waals surface area contributed by atoms with Crippen LogP contribution < -0.4 is 15.5 Å². The summed E-state index contributed by atoms with van der Waals surface area (Å²) in [7, 11) is 1.46. The fourth-order valence-electron chi connectivity index (χ4n) is 2.79. The van der Waals surface area contributed by atoms with Crippen LogP contribution in [0.2, 0.25) is 5.02 Å². The molecule has 3 rings (SSSR count). The van der Waals surface area contributed by atoms with Crippen LogP contribution in [-0.4, -0.2) is 52.1 Å². The molecule has 1 unspecified atom stereocenters. The molecule has 1 fully saturated rings. The monoisotopic (exact) mass is 408 g/mol. The van der Waals surface area contributed by atoms with Gasteiger partial charge in [0.15, 0.2) is 5.16 Å². The summed E-state index contributed by atoms with van der Waals surface area (Å²) < 4.78 is 1.88. The number of halogens is 1. The molecule has 10 heteroatoms. The highest BCUT2D eigenvalue weighted by Gasteiger charge is 2.26. The minimum Gasteiger partial charge on any atom is -0.341 e. The van der Waals surface area contributed by atoms with E-state index in [4.69, 9.17) is 11.6 Å². The number of nitrogens with one attached hydrogen (secondary N) is 2. The largest absolute Gasteiger partial charge is 0.341 e. The number of imide groups is 1. The molecule has 8 nitrogen and oxygen atoms in total. The number of thioether (sulfide) groups is 1. The van der Waals surface area contributed by atoms with Crippen molar-refractivity contribution in [3.63, 3.8) is 0 Å². The van der Waals surface area contributed by atoms with Crippen LogP contribution in [0, 0.1) is 0 Å². The number of nitrogens with zero attached hydrogens (tertiary/aromatic N) is 4. The van der Waals surface area contributed by atoms with E-state index >= 15 is 0 Å². The molecule has 2 aromatic rings. The molecule has 1 aromatic heterocycles. The highest BCUT2D eigenvalue weighted by Crippen LogP contribution is 2.33. The lowest BCUT2D eigenvalue weighted by Gasteiger charge is -2.19. The maximum absolute atomic E-state index is 12.2. The third-order valence-corrected chi connectivity index (χ3v) is 5.58. The molecule has 0 aliphatic carbocycles. The highest BCUT2D eigenvalue weighted by atomic mass is 35.5. The standard InChI is InChI=1S/C17H21ClN6O2S/c1-11(14(25)20-15(26)19-2)27-17-22-21-16(23-9-5-6-10-23)24(17)13-8-4-3-7-12(13)18/h3-4,7-8,11H,5-6,9-10H2,1-2H3,(H2,19,20,25,26). The van der Waals surface area contributed by atoms with Crippen molar-refractivity contribution in [2.24, 2.45) is 0 Å². The summed E-state index contributed by atoms with van der Waals surface area (Å²) in [5.41, 5.74) is 0.757. The lowest BCUT2D eigenvalue weighted by molar-refractivity contribution is -0.119. The van der Waals surface area contributed by atoms with Gasteiger partial charge in [0, 0.05) is 20.1 Å². The van der Waals surface area contributed by atoms with Gasteiger partial charge in [0.1, 0.15) is 0 Å². The second-order valence-corrected chi connectivity index (χ2v) is 7.81. The molecular weight excluding hydrogens is 388 g/mol. The lowest BCUT2D eigenvalue weighted by atomic mass is 10.3. The van der Waals surface area contributed by atoms with E-state index in [0.717, 1.165) is 31.6 Å². The normalized spacial score (nSPS) is 14.9. The second-order valence-electron chi connectivity index (χ2n) is 6.09. The molecule has 144 valence electrons. The molecule has 1 saturated heterocycles. The van der Waals surface area contributed by atoms with Crippen LogP contribution in [-0.2, 0) is 4.79 Å². The molecule has 3 amide bonds. The molecule has 0 radical (unpaired) electrons. The summed E-state index contributed by atoms with van der Waals surface area (Å²) in [6.07, 6.45) is 2.20. The summed E-state index contributed by atoms with van der Waals surface area (Å²) in [5, 5.41) is 13.9. The van der Waals surface area contributed by atoms with Gasteiger partial charge in [-0.1, -0.05) is 35.5 Å². The number of rotatable bonds is 5. The van der Waals surface area contributed by atoms with Gasteiger partial charge in [0.25, 0.3) is 0 Å². The number of benzene rings is 1. The van der Waals surface area contributed by atoms with Crippen LogP contribution in [0.15, 0.2) is 29.4 Å². The van der Waals surface area contributed by atoms with E-state index in [1.54, 1.807) is 13.0 Å². The zero-order chi connectivity index (χ0) is 19.4. The van der Waals surface area contributed by atoms with Crippen molar-refractivity contribution in [2.45, 2.75) is 30.2 Å². The molecular formula is C17H21ClN6O2S. The predicted molar refractivity (Wildman–Crippen MR) is 106 cm³/mol. The van der Waals surface area contributed by atoms with Gasteiger partial charge < -0.3 is 10.2 Å². The van der Waals surface area contributed by atoms with Gasteiger partial charge in [0.05, 0.1) is 16.0 Å². The molecule has 1 aromatic carbocycles. The quantitative estimate of drug-likeness (QED) is 0.738. The Morgan fingerprint density at radius 3 is 2.59 bits per heavy atom. The number of anilines is 1. The van der Waals surface area contributed by atoms with E-state index in [1.807, 2.05) is 22.8 Å². The first-order valence-corrected chi connectivity index (χ1v) is 9.91. The highest BCUT2D eigenvalue weighted by molar-refractivity contribution is 8.00. The van der Waals surface area contributed by atoms with Crippen molar-refractivity contribution in [3.8, 4) is 5.69 Å². The number of carbonyl (C=O) groups excluding carboxylic acids is 2. The summed E-state index contributed by atoms with van der Waals surface area (Å²) in [4.78, 5) is 25.8. The molecule has 1 aliphatic heterocycles. The first-order chi connectivity index (χ1) is 13.0. The first kappa shape index (κ1) is 19.5. The Balaban J connectivity index is 1.92. The van der Waals surface area contributed by atoms with Crippen LogP contribution in [0.5, 0.6) is 0 Å². The molecule has 1 aliphatic rings. The first-order valence-electron chi connectivity index (χ1n) is 8.65. The van der Waals surface area contributed by atoms with Gasteiger partial charge in [-0.25, -0.2) is 4.79 Å². The van der Waals surface area contributed by atoms with Crippen molar-refractivity contribution < 1.29 is 9.59 Å². The Morgan fingerprint density at radius 1 is 1.22 bits per heavy atom. The SMILES string of the molecule is CNC(=O)NC(=O)C(C)Sc1nnc(N2CCCC2)n1-c1ccccc1Cl. The molecule has 0 saturated carbocycles. The number of urea groups is 1. The van der Waals surface area contributed by atoms with Gasteiger partial charge in [-0.2, -0.15) is 0 Å². The Labute approximate surface area is 166 Å². The second kappa shape index (κ2) is 8.62. The number of hydrogen-bond donors (Lipinski definition) is 2. The fraction of sp³-hybridized carbons (Fsp3) is 0.412. The van der Waals surface area contributed by atoms with Crippen LogP contribution in [0.4, 0.5) is 10.7 Å². The van der Waals surface area contributed by atoms with Gasteiger partial charge in [0.2, 0.25) is 11.9 Å². The van der Waals surface area contributed by atoms with Crippen molar-refractivity contribution >= 4 is 41.2 Å². The van der Waals surface area contributed by atoms with E-state index in [-0.39, 0.29) is 0 Å².